The summed E-state index contributed by atoms with van der Waals surface area (Å²) in [7, 11) is 0. The van der Waals surface area contributed by atoms with Crippen molar-refractivity contribution in [3.8, 4) is 0 Å². The third kappa shape index (κ3) is 4.08. The van der Waals surface area contributed by atoms with Crippen LogP contribution in [0.4, 0.5) is 10.5 Å². The molecule has 0 unspecified atom stereocenters. The number of carbonyl (C=O) groups excluding carboxylic acids is 2. The number of piperidine rings is 1. The Morgan fingerprint density at radius 2 is 1.64 bits per heavy atom. The summed E-state index contributed by atoms with van der Waals surface area (Å²) >= 11 is 0. The van der Waals surface area contributed by atoms with E-state index in [4.69, 9.17) is 0 Å². The molecule has 1 aliphatic heterocycles. The Morgan fingerprint density at radius 1 is 0.960 bits per heavy atom. The number of amides is 2. The average molecular weight is 336 g/mol. The molecule has 0 radical (unpaired) electrons. The van der Waals surface area contributed by atoms with E-state index in [0.29, 0.717) is 25.9 Å². The Kier molecular flexibility index (Phi) is 5.17. The van der Waals surface area contributed by atoms with Crippen molar-refractivity contribution in [3.05, 3.63) is 65.2 Å². The van der Waals surface area contributed by atoms with Gasteiger partial charge in [0.1, 0.15) is 0 Å². The molecule has 3 rings (SSSR count). The lowest BCUT2D eigenvalue weighted by Crippen LogP contribution is -2.42. The predicted octanol–water partition coefficient (Wildman–Crippen LogP) is 4.43. The number of para-hydroxylation sites is 1. The van der Waals surface area contributed by atoms with Crippen LogP contribution in [0.15, 0.2) is 48.5 Å². The molecule has 1 fully saturated rings. The van der Waals surface area contributed by atoms with Crippen LogP contribution in [0.3, 0.4) is 0 Å². The molecule has 4 nitrogen and oxygen atoms in total. The van der Waals surface area contributed by atoms with Crippen molar-refractivity contribution in [3.63, 3.8) is 0 Å². The third-order valence-electron chi connectivity index (χ3n) is 4.97. The molecule has 0 bridgehead atoms. The van der Waals surface area contributed by atoms with Crippen LogP contribution in [0.1, 0.15) is 34.3 Å². The van der Waals surface area contributed by atoms with E-state index >= 15 is 0 Å². The highest BCUT2D eigenvalue weighted by Gasteiger charge is 2.28. The van der Waals surface area contributed by atoms with Gasteiger partial charge in [-0.2, -0.15) is 0 Å². The Bertz CT molecular complexity index is 763. The van der Waals surface area contributed by atoms with E-state index in [0.717, 1.165) is 16.8 Å². The van der Waals surface area contributed by atoms with Gasteiger partial charge in [0.2, 0.25) is 0 Å². The molecule has 1 saturated heterocycles. The molecule has 25 heavy (non-hydrogen) atoms. The normalized spacial score (nSPS) is 15.0. The van der Waals surface area contributed by atoms with E-state index in [1.54, 1.807) is 4.90 Å². The van der Waals surface area contributed by atoms with Crippen LogP contribution in [0, 0.1) is 19.8 Å². The summed E-state index contributed by atoms with van der Waals surface area (Å²) in [5.74, 6) is 0.203. The van der Waals surface area contributed by atoms with Gasteiger partial charge in [0.15, 0.2) is 5.78 Å². The molecule has 0 aromatic heterocycles. The maximum Gasteiger partial charge on any atom is 0.321 e. The Labute approximate surface area is 148 Å². The van der Waals surface area contributed by atoms with Gasteiger partial charge in [0, 0.05) is 30.3 Å². The zero-order valence-electron chi connectivity index (χ0n) is 14.8. The monoisotopic (exact) mass is 336 g/mol. The van der Waals surface area contributed by atoms with Crippen molar-refractivity contribution in [2.24, 2.45) is 5.92 Å². The van der Waals surface area contributed by atoms with Crippen molar-refractivity contribution in [1.82, 2.24) is 4.90 Å². The Balaban J connectivity index is 1.57. The topological polar surface area (TPSA) is 49.4 Å². The van der Waals surface area contributed by atoms with Crippen LogP contribution in [-0.4, -0.2) is 29.8 Å². The first kappa shape index (κ1) is 17.2. The predicted molar refractivity (Wildman–Crippen MR) is 100 cm³/mol. The van der Waals surface area contributed by atoms with Gasteiger partial charge in [0.05, 0.1) is 0 Å². The van der Waals surface area contributed by atoms with E-state index in [1.807, 2.05) is 62.4 Å². The fourth-order valence-electron chi connectivity index (χ4n) is 3.20. The number of benzene rings is 2. The molecule has 130 valence electrons. The molecule has 2 aromatic carbocycles. The average Bonchev–Trinajstić information content (AvgIpc) is 2.64. The molecule has 1 N–H and O–H groups in total. The molecule has 1 aliphatic rings. The Morgan fingerprint density at radius 3 is 2.28 bits per heavy atom. The highest BCUT2D eigenvalue weighted by molar-refractivity contribution is 5.98. The van der Waals surface area contributed by atoms with Crippen molar-refractivity contribution < 1.29 is 9.59 Å². The first-order valence-corrected chi connectivity index (χ1v) is 8.77. The molecule has 0 atom stereocenters. The van der Waals surface area contributed by atoms with Gasteiger partial charge < -0.3 is 10.2 Å². The number of urea groups is 1. The minimum absolute atomic E-state index is 0.00267. The van der Waals surface area contributed by atoms with Crippen LogP contribution >= 0.6 is 0 Å². The number of aryl methyl sites for hydroxylation is 2. The van der Waals surface area contributed by atoms with E-state index in [2.05, 4.69) is 5.32 Å². The molecule has 1 heterocycles. The maximum atomic E-state index is 12.7. The minimum Gasteiger partial charge on any atom is -0.324 e. The van der Waals surface area contributed by atoms with Gasteiger partial charge in [-0.05, 0) is 56.0 Å². The van der Waals surface area contributed by atoms with Gasteiger partial charge >= 0.3 is 6.03 Å². The number of nitrogens with one attached hydrogen (secondary N) is 1. The number of likely N-dealkylation sites (tertiary alicyclic amines) is 1. The zero-order valence-corrected chi connectivity index (χ0v) is 14.8. The molecule has 2 amide bonds. The first-order chi connectivity index (χ1) is 12.0. The summed E-state index contributed by atoms with van der Waals surface area (Å²) in [5.41, 5.74) is 3.92. The third-order valence-corrected chi connectivity index (χ3v) is 4.97. The van der Waals surface area contributed by atoms with E-state index in [-0.39, 0.29) is 17.7 Å². The van der Waals surface area contributed by atoms with E-state index in [1.165, 1.54) is 5.56 Å². The highest BCUT2D eigenvalue weighted by Crippen LogP contribution is 2.23. The number of anilines is 1. The summed E-state index contributed by atoms with van der Waals surface area (Å²) in [6.45, 7) is 5.30. The zero-order chi connectivity index (χ0) is 17.8. The van der Waals surface area contributed by atoms with Gasteiger partial charge in [-0.1, -0.05) is 30.3 Å². The van der Waals surface area contributed by atoms with Crippen molar-refractivity contribution in [1.29, 1.82) is 0 Å². The van der Waals surface area contributed by atoms with Crippen LogP contribution in [-0.2, 0) is 0 Å². The Hall–Kier alpha value is -2.62. The molecule has 2 aromatic rings. The molecule has 0 aliphatic carbocycles. The maximum absolute atomic E-state index is 12.7. The van der Waals surface area contributed by atoms with Gasteiger partial charge in [-0.15, -0.1) is 0 Å². The van der Waals surface area contributed by atoms with Gasteiger partial charge in [0.25, 0.3) is 0 Å². The number of rotatable bonds is 3. The van der Waals surface area contributed by atoms with Gasteiger partial charge in [-0.25, -0.2) is 4.79 Å². The molecule has 0 saturated carbocycles. The lowest BCUT2D eigenvalue weighted by atomic mass is 9.88. The fourth-order valence-corrected chi connectivity index (χ4v) is 3.20. The first-order valence-electron chi connectivity index (χ1n) is 8.77. The smallest absolute Gasteiger partial charge is 0.321 e. The molecular formula is C21H24N2O2. The highest BCUT2D eigenvalue weighted by atomic mass is 16.2. The second-order valence-electron chi connectivity index (χ2n) is 6.72. The van der Waals surface area contributed by atoms with E-state index < -0.39 is 0 Å². The van der Waals surface area contributed by atoms with Crippen molar-refractivity contribution in [2.45, 2.75) is 26.7 Å². The minimum atomic E-state index is -0.0942. The summed E-state index contributed by atoms with van der Waals surface area (Å²) in [5, 5.41) is 2.90. The second kappa shape index (κ2) is 7.51. The second-order valence-corrected chi connectivity index (χ2v) is 6.72. The lowest BCUT2D eigenvalue weighted by Gasteiger charge is -2.31. The van der Waals surface area contributed by atoms with Crippen LogP contribution in [0.25, 0.3) is 0 Å². The van der Waals surface area contributed by atoms with Crippen molar-refractivity contribution >= 4 is 17.5 Å². The lowest BCUT2D eigenvalue weighted by molar-refractivity contribution is 0.0859. The number of carbonyl (C=O) groups is 2. The molecule has 4 heteroatoms. The number of hydrogen-bond donors (Lipinski definition) is 1. The van der Waals surface area contributed by atoms with Crippen LogP contribution < -0.4 is 5.32 Å². The SMILES string of the molecule is Cc1ccc(C(=O)C2CCN(C(=O)Nc3ccccc3)CC2)cc1C. The van der Waals surface area contributed by atoms with Crippen LogP contribution in [0.5, 0.6) is 0 Å². The fraction of sp³-hybridized carbons (Fsp3) is 0.333. The number of ketones is 1. The largest absolute Gasteiger partial charge is 0.324 e. The summed E-state index contributed by atoms with van der Waals surface area (Å²) in [4.78, 5) is 26.8. The summed E-state index contributed by atoms with van der Waals surface area (Å²) in [6.07, 6.45) is 1.43. The summed E-state index contributed by atoms with van der Waals surface area (Å²) in [6, 6.07) is 15.2. The van der Waals surface area contributed by atoms with Gasteiger partial charge in [-0.3, -0.25) is 4.79 Å². The number of Topliss-reactive ketones (excluding diaryl/α,β-unsaturated/α-hetero) is 1. The quantitative estimate of drug-likeness (QED) is 0.843. The number of nitrogens with zero attached hydrogens (tertiary/aromatic N) is 1. The van der Waals surface area contributed by atoms with Crippen LogP contribution in [0.2, 0.25) is 0 Å². The molecular weight excluding hydrogens is 312 g/mol. The molecule has 0 spiro atoms. The van der Waals surface area contributed by atoms with E-state index in [9.17, 15) is 9.59 Å². The number of hydrogen-bond acceptors (Lipinski definition) is 2. The summed E-state index contributed by atoms with van der Waals surface area (Å²) < 4.78 is 0. The standard InChI is InChI=1S/C21H24N2O2/c1-15-8-9-18(14-16(15)2)20(24)17-10-12-23(13-11-17)21(25)22-19-6-4-3-5-7-19/h3-9,14,17H,10-13H2,1-2H3,(H,22,25). The van der Waals surface area contributed by atoms with Crippen molar-refractivity contribution in [2.75, 3.05) is 18.4 Å².